The van der Waals surface area contributed by atoms with Crippen LogP contribution < -0.4 is 39.8 Å². The van der Waals surface area contributed by atoms with E-state index in [0.717, 1.165) is 51.5 Å². The van der Waals surface area contributed by atoms with Crippen molar-refractivity contribution >= 4 is 63.8 Å². The van der Waals surface area contributed by atoms with Gasteiger partial charge < -0.3 is 39.8 Å². The largest absolute Gasteiger partial charge is 0.496 e. The van der Waals surface area contributed by atoms with Crippen LogP contribution in [-0.4, -0.2) is 71.4 Å². The maximum absolute atomic E-state index is 13.8. The Kier molecular flexibility index (Phi) is 16.7. The molecule has 0 aliphatic carbocycles. The second-order valence-corrected chi connectivity index (χ2v) is 18.6. The molecular formula is C54H47Cl3F6N10O4. The van der Waals surface area contributed by atoms with Crippen LogP contribution in [0.4, 0.5) is 55.3 Å². The standard InChI is InChI=1S/C27H23ClF3N5O2.C14H10Cl2F3N3O.C13H14N2O/c1-15-10-16(8-9-32-15)19-7-5-18(12-23(19)37-3)34-26-33-13-24-25(35-26)36(2)22(14-38-24)20-6-4-17(28)11-21(20)27(29,30)31;1-22-10(6-23-11-5-20-13(16)21-12(11)22)8-3-2-7(15)4-9(8)14(17,18)19;1-9-7-10(5-6-15-9)12-4-3-11(14)8-13(12)16-2/h4-13,22H,14H2,1-3H3,(H,33,34,35);2-5,10H,6H2,1H3;3-8H,14H2,1-2H3. The van der Waals surface area contributed by atoms with Crippen LogP contribution in [0.5, 0.6) is 23.0 Å². The summed E-state index contributed by atoms with van der Waals surface area (Å²) < 4.78 is 103. The van der Waals surface area contributed by atoms with Gasteiger partial charge in [0.25, 0.3) is 0 Å². The van der Waals surface area contributed by atoms with Gasteiger partial charge >= 0.3 is 12.4 Å². The van der Waals surface area contributed by atoms with Crippen molar-refractivity contribution < 1.29 is 45.3 Å². The van der Waals surface area contributed by atoms with E-state index in [1.54, 1.807) is 50.5 Å². The number of nitrogens with one attached hydrogen (secondary N) is 1. The Bertz CT molecular complexity index is 3430. The minimum absolute atomic E-state index is 0.00249. The molecular weight excluding hydrogens is 1070 g/mol. The maximum Gasteiger partial charge on any atom is 0.416 e. The van der Waals surface area contributed by atoms with Gasteiger partial charge in [-0.25, -0.2) is 9.97 Å². The van der Waals surface area contributed by atoms with Gasteiger partial charge in [-0.3, -0.25) is 9.97 Å². The average Bonchev–Trinajstić information content (AvgIpc) is 3.45. The molecule has 2 unspecified atom stereocenters. The first-order valence-corrected chi connectivity index (χ1v) is 24.3. The van der Waals surface area contributed by atoms with Gasteiger partial charge in [0.15, 0.2) is 23.1 Å². The van der Waals surface area contributed by atoms with E-state index in [4.69, 9.17) is 59.5 Å². The molecule has 2 aliphatic rings. The van der Waals surface area contributed by atoms with Crippen LogP contribution in [-0.2, 0) is 12.4 Å². The number of likely N-dealkylation sites (N-methyl/N-ethyl adjacent to an activating group) is 2. The first-order chi connectivity index (χ1) is 36.6. The van der Waals surface area contributed by atoms with Gasteiger partial charge in [-0.05, 0) is 120 Å². The number of alkyl halides is 6. The third kappa shape index (κ3) is 12.9. The molecule has 0 saturated heterocycles. The molecule has 0 radical (unpaired) electrons. The number of hydrogen-bond acceptors (Lipinski definition) is 14. The smallest absolute Gasteiger partial charge is 0.416 e. The molecule has 2 atom stereocenters. The molecule has 2 aliphatic heterocycles. The number of anilines is 5. The van der Waals surface area contributed by atoms with E-state index >= 15 is 0 Å². The van der Waals surface area contributed by atoms with Gasteiger partial charge in [-0.1, -0.05) is 35.3 Å². The third-order valence-corrected chi connectivity index (χ3v) is 13.0. The molecule has 10 rings (SSSR count). The lowest BCUT2D eigenvalue weighted by Crippen LogP contribution is -2.35. The number of nitrogens with two attached hydrogens (primary N) is 1. The monoisotopic (exact) mass is 1120 g/mol. The van der Waals surface area contributed by atoms with Crippen LogP contribution in [0.1, 0.15) is 45.7 Å². The van der Waals surface area contributed by atoms with Crippen molar-refractivity contribution in [3.63, 3.8) is 0 Å². The highest BCUT2D eigenvalue weighted by Gasteiger charge is 2.40. The molecule has 0 saturated carbocycles. The van der Waals surface area contributed by atoms with Crippen LogP contribution in [0.15, 0.2) is 122 Å². The second-order valence-electron chi connectivity index (χ2n) is 17.4. The molecule has 4 aromatic heterocycles. The van der Waals surface area contributed by atoms with E-state index in [0.29, 0.717) is 40.3 Å². The molecule has 23 heteroatoms. The Morgan fingerprint density at radius 1 is 0.597 bits per heavy atom. The number of aryl methyl sites for hydroxylation is 2. The fraction of sp³-hybridized carbons (Fsp3) is 0.222. The average molecular weight is 1120 g/mol. The minimum atomic E-state index is -4.57. The molecule has 14 nitrogen and oxygen atoms in total. The van der Waals surface area contributed by atoms with Gasteiger partial charge in [-0.15, -0.1) is 0 Å². The summed E-state index contributed by atoms with van der Waals surface area (Å²) in [7, 11) is 6.53. The third-order valence-electron chi connectivity index (χ3n) is 12.3. The Balaban J connectivity index is 0.000000170. The number of halogens is 9. The number of nitrogen functional groups attached to an aromatic ring is 1. The number of ether oxygens (including phenoxy) is 4. The van der Waals surface area contributed by atoms with Crippen LogP contribution in [0.25, 0.3) is 22.3 Å². The first-order valence-electron chi connectivity index (χ1n) is 23.2. The highest BCUT2D eigenvalue weighted by atomic mass is 35.5. The van der Waals surface area contributed by atoms with Crippen molar-refractivity contribution in [1.29, 1.82) is 0 Å². The van der Waals surface area contributed by atoms with Crippen LogP contribution in [0, 0.1) is 13.8 Å². The van der Waals surface area contributed by atoms with Gasteiger partial charge in [0, 0.05) is 82.6 Å². The van der Waals surface area contributed by atoms with Crippen LogP contribution >= 0.6 is 34.8 Å². The number of hydrogen-bond donors (Lipinski definition) is 2. The lowest BCUT2D eigenvalue weighted by atomic mass is 9.98. The molecule has 0 amide bonds. The molecule has 0 fully saturated rings. The van der Waals surface area contributed by atoms with Crippen molar-refractivity contribution in [3.8, 4) is 45.3 Å². The lowest BCUT2D eigenvalue weighted by Gasteiger charge is -2.36. The summed E-state index contributed by atoms with van der Waals surface area (Å²) in [5.74, 6) is 3.11. The zero-order valence-electron chi connectivity index (χ0n) is 41.8. The predicted octanol–water partition coefficient (Wildman–Crippen LogP) is 13.9. The van der Waals surface area contributed by atoms with E-state index < -0.39 is 35.6 Å². The van der Waals surface area contributed by atoms with E-state index in [9.17, 15) is 26.3 Å². The Morgan fingerprint density at radius 2 is 1.08 bits per heavy atom. The minimum Gasteiger partial charge on any atom is -0.496 e. The highest BCUT2D eigenvalue weighted by Crippen LogP contribution is 2.45. The summed E-state index contributed by atoms with van der Waals surface area (Å²) in [6.45, 7) is 3.91. The van der Waals surface area contributed by atoms with Gasteiger partial charge in [0.2, 0.25) is 11.2 Å². The predicted molar refractivity (Wildman–Crippen MR) is 285 cm³/mol. The lowest BCUT2D eigenvalue weighted by molar-refractivity contribution is -0.139. The van der Waals surface area contributed by atoms with Crippen molar-refractivity contribution in [1.82, 2.24) is 29.9 Å². The number of aromatic nitrogens is 6. The maximum atomic E-state index is 13.8. The van der Waals surface area contributed by atoms with Crippen molar-refractivity contribution in [2.45, 2.75) is 38.3 Å². The topological polar surface area (TPSA) is 159 Å². The Morgan fingerprint density at radius 3 is 1.57 bits per heavy atom. The van der Waals surface area contributed by atoms with Gasteiger partial charge in [0.05, 0.1) is 49.8 Å². The molecule has 400 valence electrons. The van der Waals surface area contributed by atoms with Crippen molar-refractivity contribution in [3.05, 3.63) is 171 Å². The summed E-state index contributed by atoms with van der Waals surface area (Å²) in [5, 5.41) is 3.16. The molecule has 0 bridgehead atoms. The van der Waals surface area contributed by atoms with Crippen molar-refractivity contribution in [2.24, 2.45) is 0 Å². The Hall–Kier alpha value is -7.81. The molecule has 4 aromatic carbocycles. The summed E-state index contributed by atoms with van der Waals surface area (Å²) in [5.41, 5.74) is 11.5. The fourth-order valence-corrected chi connectivity index (χ4v) is 9.04. The van der Waals surface area contributed by atoms with E-state index in [-0.39, 0.29) is 45.6 Å². The van der Waals surface area contributed by atoms with Crippen LogP contribution in [0.3, 0.4) is 0 Å². The summed E-state index contributed by atoms with van der Waals surface area (Å²) in [6.07, 6.45) is -2.67. The first kappa shape index (κ1) is 55.4. The summed E-state index contributed by atoms with van der Waals surface area (Å²) in [6, 6.07) is 25.1. The van der Waals surface area contributed by atoms with E-state index in [2.05, 4.69) is 35.2 Å². The van der Waals surface area contributed by atoms with Gasteiger partial charge in [-0.2, -0.15) is 36.3 Å². The molecule has 3 N–H and O–H groups in total. The summed E-state index contributed by atoms with van der Waals surface area (Å²) >= 11 is 17.3. The molecule has 6 heterocycles. The number of nitrogens with zero attached hydrogens (tertiary/aromatic N) is 8. The van der Waals surface area contributed by atoms with Crippen molar-refractivity contribution in [2.75, 3.05) is 62.4 Å². The zero-order valence-corrected chi connectivity index (χ0v) is 44.1. The number of fused-ring (bicyclic) bond motifs is 2. The molecule has 0 spiro atoms. The quantitative estimate of drug-likeness (QED) is 0.0841. The summed E-state index contributed by atoms with van der Waals surface area (Å²) in [4.78, 5) is 28.3. The normalized spacial score (nSPS) is 14.8. The fourth-order valence-electron chi connectivity index (χ4n) is 8.56. The highest BCUT2D eigenvalue weighted by molar-refractivity contribution is 6.31. The molecule has 77 heavy (non-hydrogen) atoms. The molecule has 8 aromatic rings. The van der Waals surface area contributed by atoms with E-state index in [1.807, 2.05) is 74.5 Å². The number of rotatable bonds is 8. The number of benzene rings is 4. The number of pyridine rings is 2. The van der Waals surface area contributed by atoms with Gasteiger partial charge in [0.1, 0.15) is 24.7 Å². The number of methoxy groups -OCH3 is 2. The van der Waals surface area contributed by atoms with Crippen LogP contribution in [0.2, 0.25) is 15.3 Å². The zero-order chi connectivity index (χ0) is 55.3. The van der Waals surface area contributed by atoms with E-state index in [1.165, 1.54) is 36.7 Å². The SMILES string of the molecule is CN1c2nc(Cl)ncc2OCC1c1ccc(Cl)cc1C(F)(F)F.COc1cc(N)ccc1-c1ccnc(C)c1.COc1cc(Nc2ncc3c(n2)N(C)C(c2ccc(Cl)cc2C(F)(F)F)CO3)ccc1-c1ccnc(C)c1. The Labute approximate surface area is 453 Å². The second kappa shape index (κ2) is 23.2.